The zero-order valence-corrected chi connectivity index (χ0v) is 16.3. The molecule has 1 aromatic carbocycles. The van der Waals surface area contributed by atoms with Crippen molar-refractivity contribution in [3.8, 4) is 0 Å². The predicted molar refractivity (Wildman–Crippen MR) is 98.7 cm³/mol. The van der Waals surface area contributed by atoms with Crippen LogP contribution in [0.3, 0.4) is 0 Å². The SMILES string of the molecule is CCC(C)(C)NC(=O)OC(C)c1cc(CC(C)(C)C)ccc1[N+](=O)[O-]. The maximum Gasteiger partial charge on any atom is 0.408 e. The van der Waals surface area contributed by atoms with Crippen LogP contribution in [0.5, 0.6) is 0 Å². The minimum absolute atomic E-state index is 0.0345. The summed E-state index contributed by atoms with van der Waals surface area (Å²) in [5, 5.41) is 14.1. The van der Waals surface area contributed by atoms with E-state index in [0.29, 0.717) is 5.56 Å². The van der Waals surface area contributed by atoms with Crippen molar-refractivity contribution < 1.29 is 14.5 Å². The fraction of sp³-hybridized carbons (Fsp3) is 0.632. The van der Waals surface area contributed by atoms with E-state index in [2.05, 4.69) is 26.1 Å². The first-order valence-corrected chi connectivity index (χ1v) is 8.60. The predicted octanol–water partition coefficient (Wildman–Crippen LogP) is 5.16. The third kappa shape index (κ3) is 6.72. The average molecular weight is 350 g/mol. The molecule has 0 radical (unpaired) electrons. The maximum absolute atomic E-state index is 12.1. The number of hydrogen-bond acceptors (Lipinski definition) is 4. The molecule has 6 heteroatoms. The van der Waals surface area contributed by atoms with Crippen LogP contribution in [-0.4, -0.2) is 16.6 Å². The van der Waals surface area contributed by atoms with E-state index >= 15 is 0 Å². The fourth-order valence-corrected chi connectivity index (χ4v) is 2.44. The van der Waals surface area contributed by atoms with Gasteiger partial charge in [0.2, 0.25) is 0 Å². The van der Waals surface area contributed by atoms with Crippen molar-refractivity contribution in [2.75, 3.05) is 0 Å². The molecule has 0 heterocycles. The number of nitro benzene ring substituents is 1. The largest absolute Gasteiger partial charge is 0.441 e. The molecule has 0 saturated carbocycles. The summed E-state index contributed by atoms with van der Waals surface area (Å²) in [5.41, 5.74) is 1.03. The molecular formula is C19H30N2O4. The Kier molecular flexibility index (Phi) is 6.57. The van der Waals surface area contributed by atoms with Gasteiger partial charge in [0.25, 0.3) is 5.69 Å². The smallest absolute Gasteiger partial charge is 0.408 e. The first kappa shape index (κ1) is 20.9. The zero-order valence-electron chi connectivity index (χ0n) is 16.3. The molecule has 25 heavy (non-hydrogen) atoms. The quantitative estimate of drug-likeness (QED) is 0.567. The summed E-state index contributed by atoms with van der Waals surface area (Å²) in [5.74, 6) is 0. The van der Waals surface area contributed by atoms with Gasteiger partial charge in [-0.3, -0.25) is 10.1 Å². The minimum Gasteiger partial charge on any atom is -0.441 e. The molecule has 1 atom stereocenters. The van der Waals surface area contributed by atoms with E-state index in [9.17, 15) is 14.9 Å². The van der Waals surface area contributed by atoms with Crippen LogP contribution in [0.2, 0.25) is 0 Å². The standard InChI is InChI=1S/C19H30N2O4/c1-8-19(6,7)20-17(22)25-13(2)15-11-14(12-18(3,4)5)9-10-16(15)21(23)24/h9-11,13H,8,12H2,1-7H3,(H,20,22). The highest BCUT2D eigenvalue weighted by molar-refractivity contribution is 5.68. The Morgan fingerprint density at radius 1 is 1.28 bits per heavy atom. The van der Waals surface area contributed by atoms with Gasteiger partial charge in [-0.1, -0.05) is 33.8 Å². The van der Waals surface area contributed by atoms with Gasteiger partial charge in [-0.25, -0.2) is 4.79 Å². The highest BCUT2D eigenvalue weighted by Gasteiger charge is 2.25. The number of alkyl carbamates (subject to hydrolysis) is 1. The molecule has 1 rings (SSSR count). The Labute approximate surface area is 150 Å². The zero-order chi connectivity index (χ0) is 19.4. The van der Waals surface area contributed by atoms with E-state index in [0.717, 1.165) is 18.4 Å². The van der Waals surface area contributed by atoms with E-state index in [-0.39, 0.29) is 11.1 Å². The summed E-state index contributed by atoms with van der Waals surface area (Å²) in [7, 11) is 0. The number of amides is 1. The van der Waals surface area contributed by atoms with Crippen LogP contribution in [0.15, 0.2) is 18.2 Å². The van der Waals surface area contributed by atoms with Crippen LogP contribution in [0.4, 0.5) is 10.5 Å². The normalized spacial score (nSPS) is 13.2. The average Bonchev–Trinajstić information content (AvgIpc) is 2.44. The summed E-state index contributed by atoms with van der Waals surface area (Å²) < 4.78 is 5.40. The van der Waals surface area contributed by atoms with Crippen molar-refractivity contribution in [1.82, 2.24) is 5.32 Å². The fourth-order valence-electron chi connectivity index (χ4n) is 2.44. The van der Waals surface area contributed by atoms with Crippen LogP contribution in [0.25, 0.3) is 0 Å². The Morgan fingerprint density at radius 2 is 1.88 bits per heavy atom. The van der Waals surface area contributed by atoms with Crippen molar-refractivity contribution >= 4 is 11.8 Å². The lowest BCUT2D eigenvalue weighted by Gasteiger charge is -2.25. The van der Waals surface area contributed by atoms with Gasteiger partial charge in [0.1, 0.15) is 6.10 Å². The molecule has 0 aliphatic rings. The van der Waals surface area contributed by atoms with Gasteiger partial charge >= 0.3 is 6.09 Å². The number of carbonyl (C=O) groups is 1. The molecular weight excluding hydrogens is 320 g/mol. The second kappa shape index (κ2) is 7.85. The number of nitrogens with one attached hydrogen (secondary N) is 1. The third-order valence-corrected chi connectivity index (χ3v) is 4.07. The summed E-state index contributed by atoms with van der Waals surface area (Å²) in [6.45, 7) is 13.7. The molecule has 0 aliphatic carbocycles. The summed E-state index contributed by atoms with van der Waals surface area (Å²) in [4.78, 5) is 23.0. The molecule has 6 nitrogen and oxygen atoms in total. The van der Waals surface area contributed by atoms with E-state index in [4.69, 9.17) is 4.74 Å². The molecule has 0 aliphatic heterocycles. The van der Waals surface area contributed by atoms with Crippen molar-refractivity contribution in [3.63, 3.8) is 0 Å². The number of nitro groups is 1. The molecule has 0 bridgehead atoms. The first-order chi connectivity index (χ1) is 11.3. The van der Waals surface area contributed by atoms with Crippen molar-refractivity contribution in [3.05, 3.63) is 39.4 Å². The van der Waals surface area contributed by atoms with Crippen molar-refractivity contribution in [2.24, 2.45) is 5.41 Å². The number of ether oxygens (including phenoxy) is 1. The van der Waals surface area contributed by atoms with Crippen LogP contribution in [-0.2, 0) is 11.2 Å². The monoisotopic (exact) mass is 350 g/mol. The minimum atomic E-state index is -0.715. The van der Waals surface area contributed by atoms with Crippen LogP contribution in [0.1, 0.15) is 72.1 Å². The number of benzene rings is 1. The second-order valence-electron chi connectivity index (χ2n) is 8.30. The Morgan fingerprint density at radius 3 is 2.36 bits per heavy atom. The number of hydrogen-bond donors (Lipinski definition) is 1. The third-order valence-electron chi connectivity index (χ3n) is 4.07. The van der Waals surface area contributed by atoms with Crippen LogP contribution in [0, 0.1) is 15.5 Å². The molecule has 1 amide bonds. The number of carbonyl (C=O) groups excluding carboxylic acids is 1. The van der Waals surface area contributed by atoms with E-state index in [1.54, 1.807) is 19.1 Å². The van der Waals surface area contributed by atoms with E-state index < -0.39 is 22.7 Å². The van der Waals surface area contributed by atoms with Crippen LogP contribution < -0.4 is 5.32 Å². The van der Waals surface area contributed by atoms with Gasteiger partial charge in [-0.05, 0) is 50.7 Å². The molecule has 1 N–H and O–H groups in total. The van der Waals surface area contributed by atoms with E-state index in [1.165, 1.54) is 6.07 Å². The maximum atomic E-state index is 12.1. The Balaban J connectivity index is 3.05. The van der Waals surface area contributed by atoms with E-state index in [1.807, 2.05) is 20.8 Å². The lowest BCUT2D eigenvalue weighted by atomic mass is 9.87. The first-order valence-electron chi connectivity index (χ1n) is 8.60. The van der Waals surface area contributed by atoms with Gasteiger partial charge in [-0.2, -0.15) is 0 Å². The molecule has 0 fully saturated rings. The van der Waals surface area contributed by atoms with Gasteiger partial charge in [0.05, 0.1) is 10.5 Å². The molecule has 140 valence electrons. The highest BCUT2D eigenvalue weighted by Crippen LogP contribution is 2.31. The highest BCUT2D eigenvalue weighted by atomic mass is 16.6. The molecule has 1 aromatic rings. The lowest BCUT2D eigenvalue weighted by molar-refractivity contribution is -0.386. The molecule has 0 saturated heterocycles. The van der Waals surface area contributed by atoms with Crippen molar-refractivity contribution in [2.45, 2.75) is 73.0 Å². The Bertz CT molecular complexity index is 633. The second-order valence-corrected chi connectivity index (χ2v) is 8.30. The molecule has 1 unspecified atom stereocenters. The van der Waals surface area contributed by atoms with Crippen molar-refractivity contribution in [1.29, 1.82) is 0 Å². The number of nitrogens with zero attached hydrogens (tertiary/aromatic N) is 1. The van der Waals surface area contributed by atoms with Gasteiger partial charge < -0.3 is 10.1 Å². The van der Waals surface area contributed by atoms with Gasteiger partial charge in [-0.15, -0.1) is 0 Å². The summed E-state index contributed by atoms with van der Waals surface area (Å²) in [6, 6.07) is 5.02. The van der Waals surface area contributed by atoms with Crippen LogP contribution >= 0.6 is 0 Å². The Hall–Kier alpha value is -2.11. The summed E-state index contributed by atoms with van der Waals surface area (Å²) in [6.07, 6.45) is 0.236. The summed E-state index contributed by atoms with van der Waals surface area (Å²) >= 11 is 0. The lowest BCUT2D eigenvalue weighted by Crippen LogP contribution is -2.43. The number of rotatable bonds is 6. The molecule has 0 spiro atoms. The molecule has 0 aromatic heterocycles. The topological polar surface area (TPSA) is 81.5 Å². The van der Waals surface area contributed by atoms with Gasteiger partial charge in [0.15, 0.2) is 0 Å². The van der Waals surface area contributed by atoms with Gasteiger partial charge in [0, 0.05) is 11.6 Å².